The van der Waals surface area contributed by atoms with Crippen molar-refractivity contribution in [2.75, 3.05) is 7.11 Å². The fourth-order valence-electron chi connectivity index (χ4n) is 11.0. The van der Waals surface area contributed by atoms with Crippen LogP contribution in [0.4, 0.5) is 0 Å². The minimum absolute atomic E-state index is 0.0215. The van der Waals surface area contributed by atoms with Gasteiger partial charge in [0.2, 0.25) is 0 Å². The number of rotatable bonds is 2. The fourth-order valence-corrected chi connectivity index (χ4v) is 11.0. The Bertz CT molecular complexity index is 938. The molecule has 0 aromatic rings. The van der Waals surface area contributed by atoms with E-state index in [4.69, 9.17) is 4.74 Å². The molecule has 0 radical (unpaired) electrons. The summed E-state index contributed by atoms with van der Waals surface area (Å²) in [4.78, 5) is 12.5. The van der Waals surface area contributed by atoms with E-state index >= 15 is 0 Å². The van der Waals surface area contributed by atoms with Crippen LogP contribution in [0, 0.1) is 50.2 Å². The summed E-state index contributed by atoms with van der Waals surface area (Å²) in [5.74, 6) is 0.211. The second-order valence-corrected chi connectivity index (χ2v) is 15.3. The molecule has 35 heavy (non-hydrogen) atoms. The summed E-state index contributed by atoms with van der Waals surface area (Å²) < 4.78 is 6.18. The Kier molecular flexibility index (Phi) is 5.59. The zero-order chi connectivity index (χ0) is 25.8. The second kappa shape index (κ2) is 7.59. The van der Waals surface area contributed by atoms with Crippen molar-refractivity contribution in [1.29, 1.82) is 0 Å². The first-order valence-electron chi connectivity index (χ1n) is 14.2. The number of carboxylic acid groups (broad SMARTS) is 1. The lowest BCUT2D eigenvalue weighted by Crippen LogP contribution is -2.66. The minimum Gasteiger partial charge on any atom is -0.481 e. The van der Waals surface area contributed by atoms with Crippen LogP contribution >= 0.6 is 0 Å². The van der Waals surface area contributed by atoms with Gasteiger partial charge in [-0.2, -0.15) is 0 Å². The Morgan fingerprint density at radius 3 is 2.23 bits per heavy atom. The first-order valence-corrected chi connectivity index (χ1v) is 14.2. The molecule has 0 heterocycles. The van der Waals surface area contributed by atoms with Gasteiger partial charge in [0, 0.05) is 12.5 Å². The molecule has 4 fully saturated rings. The van der Waals surface area contributed by atoms with Crippen LogP contribution in [-0.2, 0) is 9.53 Å². The van der Waals surface area contributed by atoms with Gasteiger partial charge in [-0.3, -0.25) is 4.79 Å². The Hall–Kier alpha value is -0.870. The molecule has 0 spiro atoms. The summed E-state index contributed by atoms with van der Waals surface area (Å²) >= 11 is 0. The van der Waals surface area contributed by atoms with Gasteiger partial charge in [0.05, 0.1) is 17.6 Å². The van der Waals surface area contributed by atoms with Crippen molar-refractivity contribution in [3.05, 3.63) is 11.6 Å². The van der Waals surface area contributed by atoms with E-state index in [1.165, 1.54) is 19.3 Å². The van der Waals surface area contributed by atoms with Crippen molar-refractivity contribution in [1.82, 2.24) is 0 Å². The standard InChI is InChI=1S/C31H50O4/c1-26(2)17-20-19-9-10-21-28(4)13-12-23(32)31(7,25(33)34)22(28)11-14-30(21,6)29(19,5)16-15-27(20,3)24(18-26)35-8/h9,20-24,32H,10-18H2,1-8H3,(H,33,34)/t20-,21+,22+,23-,24+,27+,28+,29+,30+,31+/m0/s1. The number of methoxy groups -OCH3 is 1. The maximum absolute atomic E-state index is 12.5. The molecule has 0 aliphatic heterocycles. The maximum atomic E-state index is 12.5. The highest BCUT2D eigenvalue weighted by molar-refractivity contribution is 5.76. The van der Waals surface area contributed by atoms with E-state index in [9.17, 15) is 15.0 Å². The molecule has 0 bridgehead atoms. The first-order chi connectivity index (χ1) is 16.1. The minimum atomic E-state index is -1.05. The monoisotopic (exact) mass is 486 g/mol. The van der Waals surface area contributed by atoms with Crippen LogP contribution in [-0.4, -0.2) is 35.5 Å². The predicted molar refractivity (Wildman–Crippen MR) is 139 cm³/mol. The number of carboxylic acids is 1. The van der Waals surface area contributed by atoms with Gasteiger partial charge < -0.3 is 14.9 Å². The van der Waals surface area contributed by atoms with E-state index in [0.29, 0.717) is 24.4 Å². The van der Waals surface area contributed by atoms with Crippen molar-refractivity contribution < 1.29 is 19.7 Å². The number of aliphatic carboxylic acids is 1. The summed E-state index contributed by atoms with van der Waals surface area (Å²) in [5.41, 5.74) is 1.32. The van der Waals surface area contributed by atoms with Crippen LogP contribution in [0.3, 0.4) is 0 Å². The van der Waals surface area contributed by atoms with Gasteiger partial charge in [0.15, 0.2) is 0 Å². The number of aliphatic hydroxyl groups is 1. The number of allylic oxidation sites excluding steroid dienone is 2. The molecule has 10 atom stereocenters. The van der Waals surface area contributed by atoms with Gasteiger partial charge in [-0.15, -0.1) is 0 Å². The van der Waals surface area contributed by atoms with E-state index in [-0.39, 0.29) is 33.0 Å². The Labute approximate surface area is 213 Å². The van der Waals surface area contributed by atoms with E-state index in [0.717, 1.165) is 32.1 Å². The summed E-state index contributed by atoms with van der Waals surface area (Å²) in [6, 6.07) is 0. The number of aliphatic hydroxyl groups excluding tert-OH is 1. The third-order valence-corrected chi connectivity index (χ3v) is 13.5. The molecule has 0 aromatic carbocycles. The molecular formula is C31H50O4. The predicted octanol–water partition coefficient (Wildman–Crippen LogP) is 6.86. The Morgan fingerprint density at radius 1 is 0.914 bits per heavy atom. The lowest BCUT2D eigenvalue weighted by molar-refractivity contribution is -0.219. The summed E-state index contributed by atoms with van der Waals surface area (Å²) in [6.07, 6.45) is 11.5. The van der Waals surface area contributed by atoms with Crippen LogP contribution in [0.15, 0.2) is 11.6 Å². The first kappa shape index (κ1) is 25.8. The van der Waals surface area contributed by atoms with Crippen LogP contribution in [0.5, 0.6) is 0 Å². The van der Waals surface area contributed by atoms with Crippen LogP contribution in [0.2, 0.25) is 0 Å². The van der Waals surface area contributed by atoms with Gasteiger partial charge in [0.1, 0.15) is 0 Å². The molecule has 0 unspecified atom stereocenters. The molecule has 198 valence electrons. The summed E-state index contributed by atoms with van der Waals surface area (Å²) in [5, 5.41) is 21.2. The lowest BCUT2D eigenvalue weighted by atomic mass is 9.33. The van der Waals surface area contributed by atoms with Crippen molar-refractivity contribution in [3.8, 4) is 0 Å². The van der Waals surface area contributed by atoms with Crippen molar-refractivity contribution >= 4 is 5.97 Å². The van der Waals surface area contributed by atoms with E-state index in [1.807, 2.05) is 14.0 Å². The molecule has 4 heteroatoms. The number of ether oxygens (including phenoxy) is 1. The number of fused-ring (bicyclic) bond motifs is 7. The second-order valence-electron chi connectivity index (χ2n) is 15.3. The molecule has 2 N–H and O–H groups in total. The molecule has 5 aliphatic rings. The van der Waals surface area contributed by atoms with E-state index < -0.39 is 17.5 Å². The molecule has 4 saturated carbocycles. The summed E-state index contributed by atoms with van der Waals surface area (Å²) in [7, 11) is 1.91. The molecular weight excluding hydrogens is 436 g/mol. The van der Waals surface area contributed by atoms with Crippen LogP contribution in [0.25, 0.3) is 0 Å². The van der Waals surface area contributed by atoms with Gasteiger partial charge in [0.25, 0.3) is 0 Å². The lowest BCUT2D eigenvalue weighted by Gasteiger charge is -2.71. The van der Waals surface area contributed by atoms with Crippen LogP contribution < -0.4 is 0 Å². The highest BCUT2D eigenvalue weighted by Gasteiger charge is 2.70. The van der Waals surface area contributed by atoms with Crippen molar-refractivity contribution in [2.24, 2.45) is 50.2 Å². The van der Waals surface area contributed by atoms with Crippen LogP contribution in [0.1, 0.15) is 106 Å². The molecule has 5 aliphatic carbocycles. The summed E-state index contributed by atoms with van der Waals surface area (Å²) in [6.45, 7) is 16.7. The largest absolute Gasteiger partial charge is 0.481 e. The van der Waals surface area contributed by atoms with Gasteiger partial charge >= 0.3 is 5.97 Å². The SMILES string of the molecule is CO[C@@H]1CC(C)(C)C[C@H]2C3=CC[C@@H]4[C@@]5(C)CC[C@H](O)[C@](C)(C(=O)O)[C@@H]5CC[C@@]4(C)[C@]3(C)CC[C@@]12C. The third-order valence-electron chi connectivity index (χ3n) is 13.5. The maximum Gasteiger partial charge on any atom is 0.312 e. The smallest absolute Gasteiger partial charge is 0.312 e. The average Bonchev–Trinajstić information content (AvgIpc) is 2.77. The zero-order valence-corrected chi connectivity index (χ0v) is 23.5. The normalized spacial score (nSPS) is 55.0. The quantitative estimate of drug-likeness (QED) is 0.419. The number of carbonyl (C=O) groups is 1. The van der Waals surface area contributed by atoms with E-state index in [1.54, 1.807) is 5.57 Å². The number of hydrogen-bond acceptors (Lipinski definition) is 3. The molecule has 0 amide bonds. The highest BCUT2D eigenvalue weighted by atomic mass is 16.5. The highest BCUT2D eigenvalue weighted by Crippen LogP contribution is 2.75. The Balaban J connectivity index is 1.59. The van der Waals surface area contributed by atoms with Gasteiger partial charge in [-0.1, -0.05) is 53.2 Å². The van der Waals surface area contributed by atoms with E-state index in [2.05, 4.69) is 47.6 Å². The molecule has 5 rings (SSSR count). The third kappa shape index (κ3) is 3.08. The van der Waals surface area contributed by atoms with Crippen molar-refractivity contribution in [2.45, 2.75) is 118 Å². The molecule has 4 nitrogen and oxygen atoms in total. The van der Waals surface area contributed by atoms with Gasteiger partial charge in [-0.25, -0.2) is 0 Å². The fraction of sp³-hybridized carbons (Fsp3) is 0.903. The average molecular weight is 487 g/mol. The van der Waals surface area contributed by atoms with Gasteiger partial charge in [-0.05, 0) is 104 Å². The topological polar surface area (TPSA) is 66.8 Å². The number of hydrogen-bond donors (Lipinski definition) is 2. The molecule has 0 aromatic heterocycles. The molecule has 0 saturated heterocycles. The Morgan fingerprint density at radius 2 is 1.60 bits per heavy atom. The zero-order valence-electron chi connectivity index (χ0n) is 23.5. The van der Waals surface area contributed by atoms with Crippen molar-refractivity contribution in [3.63, 3.8) is 0 Å².